The molecule has 0 saturated carbocycles. The third-order valence-electron chi connectivity index (χ3n) is 5.31. The van der Waals surface area contributed by atoms with Gasteiger partial charge in [0.2, 0.25) is 5.91 Å². The van der Waals surface area contributed by atoms with E-state index in [2.05, 4.69) is 31.4 Å². The molecular weight excluding hydrogens is 422 g/mol. The van der Waals surface area contributed by atoms with Crippen molar-refractivity contribution in [1.82, 2.24) is 15.5 Å². The van der Waals surface area contributed by atoms with E-state index in [9.17, 15) is 4.79 Å². The maximum Gasteiger partial charge on any atom is 0.230 e. The van der Waals surface area contributed by atoms with E-state index in [1.807, 2.05) is 30.3 Å². The van der Waals surface area contributed by atoms with Crippen LogP contribution in [0.25, 0.3) is 0 Å². The summed E-state index contributed by atoms with van der Waals surface area (Å²) in [6.45, 7) is 4.95. The molecule has 2 saturated heterocycles. The van der Waals surface area contributed by atoms with Crippen LogP contribution in [0, 0.1) is 0 Å². The summed E-state index contributed by atoms with van der Waals surface area (Å²) in [6.07, 6.45) is 2.26. The number of carbonyl (C=O) groups is 1. The standard InChI is InChI=1S/C21H26ClN5O2S/c22-16-3-1-4-17(13-16)26-8-10-27(11-9-26)19-6-7-21(25-24-19)30-15-20(28)23-14-18-5-2-12-29-18/h1,3-4,6-7,13,18H,2,5,8-12,14-15H2,(H,23,28)/t18-/m1/s1. The third-order valence-corrected chi connectivity index (χ3v) is 6.46. The smallest absolute Gasteiger partial charge is 0.230 e. The van der Waals surface area contributed by atoms with Gasteiger partial charge in [-0.05, 0) is 43.2 Å². The molecule has 0 unspecified atom stereocenters. The number of ether oxygens (including phenoxy) is 1. The number of piperazine rings is 1. The van der Waals surface area contributed by atoms with E-state index in [-0.39, 0.29) is 12.0 Å². The molecule has 1 amide bonds. The van der Waals surface area contributed by atoms with Crippen LogP contribution in [0.15, 0.2) is 41.4 Å². The summed E-state index contributed by atoms with van der Waals surface area (Å²) in [5.41, 5.74) is 1.15. The number of halogens is 1. The van der Waals surface area contributed by atoms with Crippen LogP contribution in [0.2, 0.25) is 5.02 Å². The van der Waals surface area contributed by atoms with Crippen molar-refractivity contribution in [3.05, 3.63) is 41.4 Å². The molecule has 160 valence electrons. The summed E-state index contributed by atoms with van der Waals surface area (Å²) in [4.78, 5) is 16.6. The van der Waals surface area contributed by atoms with E-state index in [0.717, 1.165) is 67.2 Å². The summed E-state index contributed by atoms with van der Waals surface area (Å²) in [7, 11) is 0. The molecule has 1 aromatic carbocycles. The summed E-state index contributed by atoms with van der Waals surface area (Å²) >= 11 is 7.51. The SMILES string of the molecule is O=C(CSc1ccc(N2CCN(c3cccc(Cl)c3)CC2)nn1)NC[C@H]1CCCO1. The minimum absolute atomic E-state index is 0.00138. The summed E-state index contributed by atoms with van der Waals surface area (Å²) in [5.74, 6) is 1.20. The Hall–Kier alpha value is -2.03. The molecule has 0 radical (unpaired) electrons. The summed E-state index contributed by atoms with van der Waals surface area (Å²) < 4.78 is 5.52. The highest BCUT2D eigenvalue weighted by Crippen LogP contribution is 2.23. The lowest BCUT2D eigenvalue weighted by Gasteiger charge is -2.36. The van der Waals surface area contributed by atoms with Crippen molar-refractivity contribution in [1.29, 1.82) is 0 Å². The molecule has 2 aromatic rings. The van der Waals surface area contributed by atoms with Crippen LogP contribution in [0.5, 0.6) is 0 Å². The van der Waals surface area contributed by atoms with Gasteiger partial charge in [0.1, 0.15) is 5.03 Å². The molecule has 0 bridgehead atoms. The lowest BCUT2D eigenvalue weighted by atomic mass is 10.2. The molecule has 7 nitrogen and oxygen atoms in total. The molecule has 2 fully saturated rings. The van der Waals surface area contributed by atoms with Gasteiger partial charge in [-0.2, -0.15) is 0 Å². The molecule has 30 heavy (non-hydrogen) atoms. The van der Waals surface area contributed by atoms with Gasteiger partial charge in [0.15, 0.2) is 5.82 Å². The second-order valence-corrected chi connectivity index (χ2v) is 8.84. The molecule has 1 atom stereocenters. The number of nitrogens with zero attached hydrogens (tertiary/aromatic N) is 4. The molecule has 0 spiro atoms. The van der Waals surface area contributed by atoms with Gasteiger partial charge in [0.25, 0.3) is 0 Å². The lowest BCUT2D eigenvalue weighted by Crippen LogP contribution is -2.46. The Morgan fingerprint density at radius 2 is 2.00 bits per heavy atom. The van der Waals surface area contributed by atoms with Crippen molar-refractivity contribution in [2.45, 2.75) is 24.0 Å². The summed E-state index contributed by atoms with van der Waals surface area (Å²) in [5, 5.41) is 13.1. The number of carbonyl (C=O) groups excluding carboxylic acids is 1. The molecule has 0 aliphatic carbocycles. The highest BCUT2D eigenvalue weighted by molar-refractivity contribution is 7.99. The number of rotatable bonds is 7. The molecule has 3 heterocycles. The van der Waals surface area contributed by atoms with E-state index in [4.69, 9.17) is 16.3 Å². The highest BCUT2D eigenvalue weighted by atomic mass is 35.5. The molecule has 2 aliphatic rings. The Balaban J connectivity index is 1.21. The quantitative estimate of drug-likeness (QED) is 0.654. The Labute approximate surface area is 186 Å². The Morgan fingerprint density at radius 3 is 2.70 bits per heavy atom. The lowest BCUT2D eigenvalue weighted by molar-refractivity contribution is -0.119. The average Bonchev–Trinajstić information content (AvgIpc) is 3.31. The maximum absolute atomic E-state index is 12.0. The maximum atomic E-state index is 12.0. The minimum atomic E-state index is -0.00138. The van der Waals surface area contributed by atoms with Gasteiger partial charge in [-0.15, -0.1) is 10.2 Å². The number of anilines is 2. The molecule has 1 N–H and O–H groups in total. The van der Waals surface area contributed by atoms with Crippen LogP contribution in [0.1, 0.15) is 12.8 Å². The molecular formula is C21H26ClN5O2S. The third kappa shape index (κ3) is 5.77. The van der Waals surface area contributed by atoms with Crippen molar-refractivity contribution in [3.8, 4) is 0 Å². The largest absolute Gasteiger partial charge is 0.376 e. The zero-order valence-electron chi connectivity index (χ0n) is 16.8. The monoisotopic (exact) mass is 447 g/mol. The normalized spacial score (nSPS) is 19.2. The van der Waals surface area contributed by atoms with Gasteiger partial charge in [0.05, 0.1) is 11.9 Å². The van der Waals surface area contributed by atoms with Crippen LogP contribution >= 0.6 is 23.4 Å². The van der Waals surface area contributed by atoms with Crippen molar-refractivity contribution in [2.75, 3.05) is 54.9 Å². The van der Waals surface area contributed by atoms with Crippen LogP contribution in [-0.2, 0) is 9.53 Å². The first kappa shape index (κ1) is 21.2. The number of benzene rings is 1. The van der Waals surface area contributed by atoms with E-state index in [1.54, 1.807) is 0 Å². The molecule has 4 rings (SSSR count). The van der Waals surface area contributed by atoms with Crippen molar-refractivity contribution < 1.29 is 9.53 Å². The van der Waals surface area contributed by atoms with Gasteiger partial charge in [-0.1, -0.05) is 29.4 Å². The van der Waals surface area contributed by atoms with Gasteiger partial charge >= 0.3 is 0 Å². The van der Waals surface area contributed by atoms with Crippen molar-refractivity contribution in [2.24, 2.45) is 0 Å². The number of nitrogens with one attached hydrogen (secondary N) is 1. The zero-order valence-corrected chi connectivity index (χ0v) is 18.4. The van der Waals surface area contributed by atoms with Gasteiger partial charge in [-0.3, -0.25) is 4.79 Å². The van der Waals surface area contributed by atoms with E-state index in [0.29, 0.717) is 12.3 Å². The number of thioether (sulfide) groups is 1. The van der Waals surface area contributed by atoms with Crippen LogP contribution in [0.4, 0.5) is 11.5 Å². The Bertz CT molecular complexity index is 840. The fraction of sp³-hybridized carbons (Fsp3) is 0.476. The second kappa shape index (κ2) is 10.3. The van der Waals surface area contributed by atoms with Crippen molar-refractivity contribution >= 4 is 40.8 Å². The molecule has 1 aromatic heterocycles. The predicted molar refractivity (Wildman–Crippen MR) is 121 cm³/mol. The average molecular weight is 448 g/mol. The van der Waals surface area contributed by atoms with Crippen molar-refractivity contribution in [3.63, 3.8) is 0 Å². The van der Waals surface area contributed by atoms with Gasteiger partial charge in [0, 0.05) is 50.0 Å². The topological polar surface area (TPSA) is 70.6 Å². The van der Waals surface area contributed by atoms with Crippen LogP contribution < -0.4 is 15.1 Å². The second-order valence-electron chi connectivity index (χ2n) is 7.41. The van der Waals surface area contributed by atoms with E-state index < -0.39 is 0 Å². The fourth-order valence-electron chi connectivity index (χ4n) is 3.65. The van der Waals surface area contributed by atoms with E-state index in [1.165, 1.54) is 11.8 Å². The van der Waals surface area contributed by atoms with Crippen LogP contribution in [-0.4, -0.2) is 67.3 Å². The number of aromatic nitrogens is 2. The summed E-state index contributed by atoms with van der Waals surface area (Å²) in [6, 6.07) is 11.9. The molecule has 2 aliphatic heterocycles. The first-order valence-electron chi connectivity index (χ1n) is 10.3. The number of amides is 1. The Kier molecular flexibility index (Phi) is 7.30. The number of hydrogen-bond donors (Lipinski definition) is 1. The van der Waals surface area contributed by atoms with Gasteiger partial charge in [-0.25, -0.2) is 0 Å². The van der Waals surface area contributed by atoms with E-state index >= 15 is 0 Å². The first-order valence-corrected chi connectivity index (χ1v) is 11.6. The minimum Gasteiger partial charge on any atom is -0.376 e. The zero-order chi connectivity index (χ0) is 20.8. The van der Waals surface area contributed by atoms with Crippen LogP contribution in [0.3, 0.4) is 0 Å². The van der Waals surface area contributed by atoms with Gasteiger partial charge < -0.3 is 19.9 Å². The fourth-order valence-corrected chi connectivity index (χ4v) is 4.48. The highest BCUT2D eigenvalue weighted by Gasteiger charge is 2.19. The first-order chi connectivity index (χ1) is 14.7. The Morgan fingerprint density at radius 1 is 1.17 bits per heavy atom. The predicted octanol–water partition coefficient (Wildman–Crippen LogP) is 2.84. The molecule has 9 heteroatoms. The number of hydrogen-bond acceptors (Lipinski definition) is 7.